The number of piperidine rings is 1. The topological polar surface area (TPSA) is 58.4 Å². The number of amides is 1. The number of nitrogens with one attached hydrogen (secondary N) is 1. The normalized spacial score (nSPS) is 16.1. The Morgan fingerprint density at radius 3 is 2.85 bits per heavy atom. The molecule has 0 spiro atoms. The minimum absolute atomic E-state index is 0.171. The van der Waals surface area contributed by atoms with Gasteiger partial charge < -0.3 is 9.73 Å². The van der Waals surface area contributed by atoms with Gasteiger partial charge in [-0.1, -0.05) is 19.8 Å². The summed E-state index contributed by atoms with van der Waals surface area (Å²) in [5, 5.41) is 6.15. The van der Waals surface area contributed by atoms with Gasteiger partial charge in [-0.3, -0.25) is 9.69 Å². The highest BCUT2D eigenvalue weighted by Gasteiger charge is 2.25. The zero-order valence-corrected chi connectivity index (χ0v) is 16.6. The zero-order valence-electron chi connectivity index (χ0n) is 15.8. The van der Waals surface area contributed by atoms with Crippen molar-refractivity contribution in [2.75, 3.05) is 19.6 Å². The van der Waals surface area contributed by atoms with E-state index in [2.05, 4.69) is 22.5 Å². The summed E-state index contributed by atoms with van der Waals surface area (Å²) in [5.41, 5.74) is 1.08. The van der Waals surface area contributed by atoms with E-state index in [-0.39, 0.29) is 11.8 Å². The molecule has 0 atom stereocenters. The van der Waals surface area contributed by atoms with E-state index in [1.54, 1.807) is 11.3 Å². The van der Waals surface area contributed by atoms with Crippen LogP contribution >= 0.6 is 11.3 Å². The van der Waals surface area contributed by atoms with Gasteiger partial charge in [-0.2, -0.15) is 0 Å². The van der Waals surface area contributed by atoms with Crippen LogP contribution in [0.5, 0.6) is 0 Å². The van der Waals surface area contributed by atoms with Gasteiger partial charge in [0.05, 0.1) is 5.69 Å². The van der Waals surface area contributed by atoms with Crippen LogP contribution in [0.4, 0.5) is 0 Å². The molecule has 0 bridgehead atoms. The molecule has 142 valence electrons. The van der Waals surface area contributed by atoms with Crippen LogP contribution in [0.2, 0.25) is 0 Å². The van der Waals surface area contributed by atoms with Gasteiger partial charge in [0.2, 0.25) is 5.91 Å². The molecular weight excluding hydrogens is 346 g/mol. The molecule has 0 aromatic carbocycles. The molecule has 1 fully saturated rings. The fourth-order valence-corrected chi connectivity index (χ4v) is 4.13. The molecule has 5 nitrogen and oxygen atoms in total. The minimum atomic E-state index is 0.171. The first-order chi connectivity index (χ1) is 12.7. The SMILES string of the molecule is CCCCCNC(=O)C1CCN(Cc2csc(-c3ccc(C)o3)n2)CC1. The third kappa shape index (κ3) is 5.17. The summed E-state index contributed by atoms with van der Waals surface area (Å²) < 4.78 is 5.65. The van der Waals surface area contributed by atoms with Crippen molar-refractivity contribution in [2.45, 2.75) is 52.5 Å². The van der Waals surface area contributed by atoms with Gasteiger partial charge in [0, 0.05) is 24.4 Å². The number of aromatic nitrogens is 1. The Bertz CT molecular complexity index is 701. The highest BCUT2D eigenvalue weighted by molar-refractivity contribution is 7.13. The van der Waals surface area contributed by atoms with E-state index in [9.17, 15) is 4.79 Å². The lowest BCUT2D eigenvalue weighted by Gasteiger charge is -2.30. The zero-order chi connectivity index (χ0) is 18.4. The van der Waals surface area contributed by atoms with Gasteiger partial charge in [-0.25, -0.2) is 4.98 Å². The summed E-state index contributed by atoms with van der Waals surface area (Å²) in [6.45, 7) is 7.71. The van der Waals surface area contributed by atoms with E-state index >= 15 is 0 Å². The van der Waals surface area contributed by atoms with Crippen LogP contribution in [-0.4, -0.2) is 35.4 Å². The Hall–Kier alpha value is -1.66. The first-order valence-electron chi connectivity index (χ1n) is 9.67. The molecule has 1 saturated heterocycles. The van der Waals surface area contributed by atoms with Crippen LogP contribution < -0.4 is 5.32 Å². The second-order valence-corrected chi connectivity index (χ2v) is 7.96. The number of rotatable bonds is 8. The van der Waals surface area contributed by atoms with Crippen LogP contribution in [0, 0.1) is 12.8 Å². The summed E-state index contributed by atoms with van der Waals surface area (Å²) >= 11 is 1.63. The maximum absolute atomic E-state index is 12.2. The maximum Gasteiger partial charge on any atom is 0.223 e. The van der Waals surface area contributed by atoms with Gasteiger partial charge in [-0.05, 0) is 51.4 Å². The number of unbranched alkanes of at least 4 members (excludes halogenated alkanes) is 2. The number of aryl methyl sites for hydroxylation is 1. The molecule has 1 aliphatic heterocycles. The molecule has 1 N–H and O–H groups in total. The number of hydrogen-bond acceptors (Lipinski definition) is 5. The lowest BCUT2D eigenvalue weighted by molar-refractivity contribution is -0.126. The van der Waals surface area contributed by atoms with Crippen molar-refractivity contribution in [3.63, 3.8) is 0 Å². The Morgan fingerprint density at radius 2 is 2.15 bits per heavy atom. The highest BCUT2D eigenvalue weighted by atomic mass is 32.1. The summed E-state index contributed by atoms with van der Waals surface area (Å²) in [6.07, 6.45) is 5.34. The molecule has 6 heteroatoms. The lowest BCUT2D eigenvalue weighted by Crippen LogP contribution is -2.40. The Kier molecular flexibility index (Phi) is 6.86. The number of carbonyl (C=O) groups is 1. The molecule has 0 radical (unpaired) electrons. The predicted molar refractivity (Wildman–Crippen MR) is 105 cm³/mol. The molecule has 2 aromatic heterocycles. The number of thiazole rings is 1. The predicted octanol–water partition coefficient (Wildman–Crippen LogP) is 4.23. The number of nitrogens with zero attached hydrogens (tertiary/aromatic N) is 2. The fourth-order valence-electron chi connectivity index (χ4n) is 3.36. The monoisotopic (exact) mass is 375 g/mol. The van der Waals surface area contributed by atoms with Gasteiger partial charge in [-0.15, -0.1) is 11.3 Å². The molecule has 2 aromatic rings. The smallest absolute Gasteiger partial charge is 0.223 e. The number of furan rings is 1. The summed E-state index contributed by atoms with van der Waals surface area (Å²) in [5.74, 6) is 2.17. The molecule has 0 aliphatic carbocycles. The largest absolute Gasteiger partial charge is 0.459 e. The third-order valence-electron chi connectivity index (χ3n) is 4.93. The first kappa shape index (κ1) is 19.1. The first-order valence-corrected chi connectivity index (χ1v) is 10.5. The summed E-state index contributed by atoms with van der Waals surface area (Å²) in [7, 11) is 0. The van der Waals surface area contributed by atoms with Crippen LogP contribution in [-0.2, 0) is 11.3 Å². The van der Waals surface area contributed by atoms with E-state index in [1.807, 2.05) is 19.1 Å². The second kappa shape index (κ2) is 9.33. The van der Waals surface area contributed by atoms with Gasteiger partial charge in [0.1, 0.15) is 5.76 Å². The standard InChI is InChI=1S/C20H29N3O2S/c1-3-4-5-10-21-19(24)16-8-11-23(12-9-16)13-17-14-26-20(22-17)18-7-6-15(2)25-18/h6-7,14,16H,3-5,8-13H2,1-2H3,(H,21,24). The number of carbonyl (C=O) groups excluding carboxylic acids is 1. The Morgan fingerprint density at radius 1 is 1.35 bits per heavy atom. The number of likely N-dealkylation sites (tertiary alicyclic amines) is 1. The quantitative estimate of drug-likeness (QED) is 0.702. The minimum Gasteiger partial charge on any atom is -0.459 e. The van der Waals surface area contributed by atoms with E-state index in [1.165, 1.54) is 12.8 Å². The molecule has 0 unspecified atom stereocenters. The maximum atomic E-state index is 12.2. The summed E-state index contributed by atoms with van der Waals surface area (Å²) in [4.78, 5) is 19.3. The fraction of sp³-hybridized carbons (Fsp3) is 0.600. The Labute approximate surface area is 159 Å². The van der Waals surface area contributed by atoms with E-state index in [0.29, 0.717) is 0 Å². The van der Waals surface area contributed by atoms with Crippen molar-refractivity contribution >= 4 is 17.2 Å². The van der Waals surface area contributed by atoms with Crippen LogP contribution in [0.15, 0.2) is 21.9 Å². The van der Waals surface area contributed by atoms with Crippen molar-refractivity contribution in [1.29, 1.82) is 0 Å². The molecule has 3 rings (SSSR count). The highest BCUT2D eigenvalue weighted by Crippen LogP contribution is 2.27. The second-order valence-electron chi connectivity index (χ2n) is 7.10. The molecular formula is C20H29N3O2S. The van der Waals surface area contributed by atoms with Gasteiger partial charge in [0.25, 0.3) is 0 Å². The van der Waals surface area contributed by atoms with E-state index < -0.39 is 0 Å². The average molecular weight is 376 g/mol. The van der Waals surface area contributed by atoms with Gasteiger partial charge in [0.15, 0.2) is 10.8 Å². The Balaban J connectivity index is 1.43. The third-order valence-corrected chi connectivity index (χ3v) is 5.83. The van der Waals surface area contributed by atoms with E-state index in [0.717, 1.165) is 67.7 Å². The van der Waals surface area contributed by atoms with Crippen molar-refractivity contribution in [3.8, 4) is 10.8 Å². The van der Waals surface area contributed by atoms with Crippen molar-refractivity contribution in [3.05, 3.63) is 29.0 Å². The molecule has 26 heavy (non-hydrogen) atoms. The molecule has 1 aliphatic rings. The number of hydrogen-bond donors (Lipinski definition) is 1. The average Bonchev–Trinajstić information content (AvgIpc) is 3.28. The van der Waals surface area contributed by atoms with Crippen LogP contribution in [0.25, 0.3) is 10.8 Å². The van der Waals surface area contributed by atoms with Crippen molar-refractivity contribution in [1.82, 2.24) is 15.2 Å². The molecule has 0 saturated carbocycles. The van der Waals surface area contributed by atoms with Crippen LogP contribution in [0.3, 0.4) is 0 Å². The lowest BCUT2D eigenvalue weighted by atomic mass is 9.96. The van der Waals surface area contributed by atoms with E-state index in [4.69, 9.17) is 9.40 Å². The van der Waals surface area contributed by atoms with Crippen molar-refractivity contribution < 1.29 is 9.21 Å². The molecule has 1 amide bonds. The van der Waals surface area contributed by atoms with Crippen molar-refractivity contribution in [2.24, 2.45) is 5.92 Å². The van der Waals surface area contributed by atoms with Gasteiger partial charge >= 0.3 is 0 Å². The molecule has 3 heterocycles. The summed E-state index contributed by atoms with van der Waals surface area (Å²) in [6, 6.07) is 3.94. The van der Waals surface area contributed by atoms with Crippen LogP contribution in [0.1, 0.15) is 50.5 Å².